The highest BCUT2D eigenvalue weighted by atomic mass is 35.5. The minimum Gasteiger partial charge on any atom is -0.319 e. The molecule has 1 aliphatic heterocycles. The number of carbonyl (C=O) groups is 1. The lowest BCUT2D eigenvalue weighted by Gasteiger charge is -2.31. The van der Waals surface area contributed by atoms with Gasteiger partial charge in [0.25, 0.3) is 5.91 Å². The zero-order valence-corrected chi connectivity index (χ0v) is 20.1. The van der Waals surface area contributed by atoms with Crippen LogP contribution in [0.1, 0.15) is 40.4 Å². The number of carbonyl (C=O) groups excluding carboxylic acids is 1. The van der Waals surface area contributed by atoms with Gasteiger partial charge in [-0.25, -0.2) is 4.98 Å². The Kier molecular flexibility index (Phi) is 7.99. The number of amides is 1. The van der Waals surface area contributed by atoms with Crippen LogP contribution in [-0.4, -0.2) is 40.4 Å². The Morgan fingerprint density at radius 3 is 2.48 bits per heavy atom. The zero-order valence-electron chi connectivity index (χ0n) is 17.8. The molecule has 0 spiro atoms. The summed E-state index contributed by atoms with van der Waals surface area (Å²) in [6.07, 6.45) is 9.35. The third kappa shape index (κ3) is 6.33. The van der Waals surface area contributed by atoms with Gasteiger partial charge in [-0.1, -0.05) is 59.1 Å². The summed E-state index contributed by atoms with van der Waals surface area (Å²) in [4.78, 5) is 23.7. The fourth-order valence-corrected chi connectivity index (χ4v) is 4.42. The van der Waals surface area contributed by atoms with Crippen molar-refractivity contribution in [2.24, 2.45) is 0 Å². The van der Waals surface area contributed by atoms with E-state index in [9.17, 15) is 4.79 Å². The number of halogens is 3. The van der Waals surface area contributed by atoms with E-state index in [-0.39, 0.29) is 17.0 Å². The number of pyridine rings is 2. The van der Waals surface area contributed by atoms with Crippen LogP contribution in [0.15, 0.2) is 60.9 Å². The van der Waals surface area contributed by atoms with Gasteiger partial charge in [-0.3, -0.25) is 14.7 Å². The molecule has 3 aromatic rings. The number of anilines is 1. The summed E-state index contributed by atoms with van der Waals surface area (Å²) in [6, 6.07) is 12.6. The lowest BCUT2D eigenvalue weighted by Crippen LogP contribution is -2.33. The maximum absolute atomic E-state index is 12.8. The molecule has 33 heavy (non-hydrogen) atoms. The summed E-state index contributed by atoms with van der Waals surface area (Å²) >= 11 is 18.3. The average molecular weight is 502 g/mol. The van der Waals surface area contributed by atoms with Crippen molar-refractivity contribution in [3.05, 3.63) is 93.0 Å². The Morgan fingerprint density at radius 2 is 1.76 bits per heavy atom. The first-order chi connectivity index (χ1) is 16.0. The third-order valence-corrected chi connectivity index (χ3v) is 6.45. The summed E-state index contributed by atoms with van der Waals surface area (Å²) < 4.78 is 0. The predicted molar refractivity (Wildman–Crippen MR) is 135 cm³/mol. The molecule has 4 rings (SSSR count). The third-order valence-electron chi connectivity index (χ3n) is 5.67. The number of rotatable bonds is 6. The highest BCUT2D eigenvalue weighted by Gasteiger charge is 2.25. The van der Waals surface area contributed by atoms with Crippen LogP contribution in [0.4, 0.5) is 5.69 Å². The van der Waals surface area contributed by atoms with E-state index in [0.29, 0.717) is 16.3 Å². The largest absolute Gasteiger partial charge is 0.319 e. The summed E-state index contributed by atoms with van der Waals surface area (Å²) in [5.74, 6) is -0.0725. The van der Waals surface area contributed by atoms with Gasteiger partial charge in [0.05, 0.1) is 16.4 Å². The van der Waals surface area contributed by atoms with Crippen molar-refractivity contribution >= 4 is 52.5 Å². The van der Waals surface area contributed by atoms with Gasteiger partial charge in [-0.05, 0) is 61.8 Å². The summed E-state index contributed by atoms with van der Waals surface area (Å²) in [7, 11) is 0. The van der Waals surface area contributed by atoms with Crippen molar-refractivity contribution in [3.8, 4) is 0 Å². The van der Waals surface area contributed by atoms with Gasteiger partial charge in [0.2, 0.25) is 0 Å². The molecule has 5 nitrogen and oxygen atoms in total. The van der Waals surface area contributed by atoms with Crippen LogP contribution in [0, 0.1) is 0 Å². The molecule has 0 saturated carbocycles. The molecule has 0 radical (unpaired) electrons. The van der Waals surface area contributed by atoms with E-state index in [1.165, 1.54) is 12.3 Å². The number of piperidine rings is 1. The maximum Gasteiger partial charge on any atom is 0.255 e. The Morgan fingerprint density at radius 1 is 1.03 bits per heavy atom. The lowest BCUT2D eigenvalue weighted by atomic mass is 9.92. The maximum atomic E-state index is 12.8. The first-order valence-corrected chi connectivity index (χ1v) is 11.8. The normalized spacial score (nSPS) is 15.1. The molecule has 0 aliphatic carbocycles. The van der Waals surface area contributed by atoms with Crippen molar-refractivity contribution in [2.45, 2.75) is 18.8 Å². The van der Waals surface area contributed by atoms with E-state index in [1.54, 1.807) is 18.3 Å². The first-order valence-electron chi connectivity index (χ1n) is 10.7. The van der Waals surface area contributed by atoms with E-state index in [2.05, 4.69) is 32.3 Å². The number of hydrogen-bond donors (Lipinski definition) is 1. The number of benzene rings is 1. The van der Waals surface area contributed by atoms with E-state index < -0.39 is 0 Å². The summed E-state index contributed by atoms with van der Waals surface area (Å²) in [5.41, 5.74) is 2.95. The second-order valence-electron chi connectivity index (χ2n) is 7.90. The van der Waals surface area contributed by atoms with Crippen molar-refractivity contribution in [3.63, 3.8) is 0 Å². The molecular weight excluding hydrogens is 479 g/mol. The Labute approximate surface area is 208 Å². The molecule has 1 saturated heterocycles. The molecular formula is C25H23Cl3N4O. The number of nitrogens with zero attached hydrogens (tertiary/aromatic N) is 3. The minimum atomic E-state index is -0.291. The van der Waals surface area contributed by atoms with Crippen LogP contribution >= 0.6 is 34.8 Å². The Hall–Kier alpha value is -2.44. The molecule has 2 aromatic heterocycles. The fourth-order valence-electron chi connectivity index (χ4n) is 3.92. The van der Waals surface area contributed by atoms with Crippen LogP contribution < -0.4 is 5.32 Å². The Balaban J connectivity index is 1.38. The van der Waals surface area contributed by atoms with Crippen LogP contribution in [0.5, 0.6) is 0 Å². The molecule has 1 N–H and O–H groups in total. The monoisotopic (exact) mass is 500 g/mol. The topological polar surface area (TPSA) is 58.1 Å². The average Bonchev–Trinajstić information content (AvgIpc) is 2.82. The van der Waals surface area contributed by atoms with Crippen LogP contribution in [0.25, 0.3) is 6.08 Å². The standard InChI is InChI=1S/C25H23Cl3N4O/c26-20-5-3-17(4-6-20)2-1-13-32-14-9-18(10-15-32)23-24(21(27)8-12-30-23)31-25(33)19-7-11-29-22(28)16-19/h1-8,11-12,16,18H,9-10,13-15H2,(H,31,33). The highest BCUT2D eigenvalue weighted by molar-refractivity contribution is 6.34. The van der Waals surface area contributed by atoms with Crippen molar-refractivity contribution in [1.82, 2.24) is 14.9 Å². The van der Waals surface area contributed by atoms with E-state index >= 15 is 0 Å². The second kappa shape index (κ2) is 11.1. The zero-order chi connectivity index (χ0) is 23.2. The highest BCUT2D eigenvalue weighted by Crippen LogP contribution is 2.35. The van der Waals surface area contributed by atoms with Gasteiger partial charge >= 0.3 is 0 Å². The second-order valence-corrected chi connectivity index (χ2v) is 9.13. The molecule has 1 amide bonds. The van der Waals surface area contributed by atoms with Gasteiger partial charge < -0.3 is 5.32 Å². The van der Waals surface area contributed by atoms with E-state index in [1.807, 2.05) is 24.3 Å². The lowest BCUT2D eigenvalue weighted by molar-refractivity contribution is 0.102. The molecule has 8 heteroatoms. The van der Waals surface area contributed by atoms with Gasteiger partial charge in [-0.2, -0.15) is 0 Å². The molecule has 0 unspecified atom stereocenters. The summed E-state index contributed by atoms with van der Waals surface area (Å²) in [5, 5.41) is 4.41. The molecule has 1 aromatic carbocycles. The minimum absolute atomic E-state index is 0.219. The summed E-state index contributed by atoms with van der Waals surface area (Å²) in [6.45, 7) is 2.76. The van der Waals surface area contributed by atoms with Crippen molar-refractivity contribution in [1.29, 1.82) is 0 Å². The predicted octanol–water partition coefficient (Wildman–Crippen LogP) is 6.58. The van der Waals surface area contributed by atoms with Gasteiger partial charge in [0, 0.05) is 35.4 Å². The molecule has 1 fully saturated rings. The van der Waals surface area contributed by atoms with Crippen LogP contribution in [0.2, 0.25) is 15.2 Å². The van der Waals surface area contributed by atoms with Crippen LogP contribution in [0.3, 0.4) is 0 Å². The SMILES string of the molecule is O=C(Nc1c(Cl)ccnc1C1CCN(CC=Cc2ccc(Cl)cc2)CC1)c1ccnc(Cl)c1. The molecule has 0 atom stereocenters. The van der Waals surface area contributed by atoms with Crippen LogP contribution in [-0.2, 0) is 0 Å². The smallest absolute Gasteiger partial charge is 0.255 e. The number of likely N-dealkylation sites (tertiary alicyclic amines) is 1. The van der Waals surface area contributed by atoms with Gasteiger partial charge in [0.15, 0.2) is 0 Å². The van der Waals surface area contributed by atoms with E-state index in [4.69, 9.17) is 34.8 Å². The number of hydrogen-bond acceptors (Lipinski definition) is 4. The Bertz CT molecular complexity index is 1140. The molecule has 1 aliphatic rings. The quantitative estimate of drug-likeness (QED) is 0.388. The van der Waals surface area contributed by atoms with Gasteiger partial charge in [-0.15, -0.1) is 0 Å². The van der Waals surface area contributed by atoms with Gasteiger partial charge in [0.1, 0.15) is 5.15 Å². The van der Waals surface area contributed by atoms with Crippen molar-refractivity contribution < 1.29 is 4.79 Å². The molecule has 3 heterocycles. The fraction of sp³-hybridized carbons (Fsp3) is 0.240. The van der Waals surface area contributed by atoms with Crippen molar-refractivity contribution in [2.75, 3.05) is 25.0 Å². The number of nitrogens with one attached hydrogen (secondary N) is 1. The van der Waals surface area contributed by atoms with E-state index in [0.717, 1.165) is 48.8 Å². The molecule has 0 bridgehead atoms. The first kappa shape index (κ1) is 23.7. The molecule has 170 valence electrons. The number of aromatic nitrogens is 2.